The second-order valence-electron chi connectivity index (χ2n) is 12.9. The summed E-state index contributed by atoms with van der Waals surface area (Å²) < 4.78 is 10.9. The predicted octanol–water partition coefficient (Wildman–Crippen LogP) is 6.49. The number of likely N-dealkylation sites (tertiary alicyclic amines) is 1. The Morgan fingerprint density at radius 2 is 1.75 bits per heavy atom. The van der Waals surface area contributed by atoms with Crippen molar-refractivity contribution >= 4 is 6.08 Å². The van der Waals surface area contributed by atoms with Crippen molar-refractivity contribution in [2.45, 2.75) is 83.8 Å². The first-order chi connectivity index (χ1) is 17.4. The second-order valence-corrected chi connectivity index (χ2v) is 12.9. The van der Waals surface area contributed by atoms with Gasteiger partial charge in [-0.05, 0) is 117 Å². The predicted molar refractivity (Wildman–Crippen MR) is 145 cm³/mol. The molecule has 36 heavy (non-hydrogen) atoms. The number of hydrogen-bond acceptors (Lipinski definition) is 4. The molecule has 0 aromatic heterocycles. The maximum absolute atomic E-state index is 11.6. The average molecular weight is 492 g/mol. The molecule has 0 bridgehead atoms. The van der Waals surface area contributed by atoms with Gasteiger partial charge in [-0.1, -0.05) is 37.6 Å². The highest BCUT2D eigenvalue weighted by Gasteiger charge is 2.59. The van der Waals surface area contributed by atoms with Crippen molar-refractivity contribution in [2.75, 3.05) is 27.3 Å². The highest BCUT2D eigenvalue weighted by molar-refractivity contribution is 5.60. The van der Waals surface area contributed by atoms with Crippen LogP contribution in [0.25, 0.3) is 6.08 Å². The Balaban J connectivity index is 1.25. The first-order valence-electron chi connectivity index (χ1n) is 14.4. The van der Waals surface area contributed by atoms with E-state index in [-0.39, 0.29) is 11.5 Å². The van der Waals surface area contributed by atoms with Crippen molar-refractivity contribution in [3.63, 3.8) is 0 Å². The number of nitrogens with zero attached hydrogens (tertiary/aromatic N) is 1. The zero-order valence-electron chi connectivity index (χ0n) is 22.8. The van der Waals surface area contributed by atoms with Gasteiger partial charge in [0.15, 0.2) is 11.5 Å². The van der Waals surface area contributed by atoms with Gasteiger partial charge in [0.25, 0.3) is 0 Å². The molecule has 1 saturated heterocycles. The molecule has 4 heteroatoms. The topological polar surface area (TPSA) is 41.9 Å². The van der Waals surface area contributed by atoms with Crippen molar-refractivity contribution in [1.29, 1.82) is 0 Å². The number of rotatable bonds is 4. The Kier molecular flexibility index (Phi) is 6.28. The number of allylic oxidation sites excluding steroid dienone is 1. The van der Waals surface area contributed by atoms with E-state index in [1.165, 1.54) is 63.6 Å². The van der Waals surface area contributed by atoms with Crippen LogP contribution in [0.1, 0.15) is 77.2 Å². The van der Waals surface area contributed by atoms with E-state index in [0.29, 0.717) is 17.3 Å². The van der Waals surface area contributed by atoms with Crippen LogP contribution in [0.3, 0.4) is 0 Å². The van der Waals surface area contributed by atoms with Crippen LogP contribution < -0.4 is 9.47 Å². The molecule has 1 aliphatic heterocycles. The molecule has 1 heterocycles. The highest BCUT2D eigenvalue weighted by Crippen LogP contribution is 2.66. The van der Waals surface area contributed by atoms with Gasteiger partial charge in [0, 0.05) is 11.5 Å². The fraction of sp³-hybridized carbons (Fsp3) is 0.688. The Morgan fingerprint density at radius 1 is 0.972 bits per heavy atom. The van der Waals surface area contributed by atoms with Gasteiger partial charge in [0.2, 0.25) is 0 Å². The Bertz CT molecular complexity index is 1060. The molecule has 0 radical (unpaired) electrons. The van der Waals surface area contributed by atoms with E-state index in [9.17, 15) is 5.11 Å². The highest BCUT2D eigenvalue weighted by atomic mass is 16.5. The van der Waals surface area contributed by atoms with Gasteiger partial charge in [-0.2, -0.15) is 0 Å². The van der Waals surface area contributed by atoms with Gasteiger partial charge >= 0.3 is 0 Å². The monoisotopic (exact) mass is 491 g/mol. The van der Waals surface area contributed by atoms with Crippen LogP contribution in [0.2, 0.25) is 0 Å². The molecule has 4 fully saturated rings. The van der Waals surface area contributed by atoms with Gasteiger partial charge in [-0.3, -0.25) is 0 Å². The quantitative estimate of drug-likeness (QED) is 0.489. The van der Waals surface area contributed by atoms with Crippen LogP contribution in [0, 0.1) is 28.6 Å². The largest absolute Gasteiger partial charge is 0.493 e. The summed E-state index contributed by atoms with van der Waals surface area (Å²) in [4.78, 5) is 2.78. The SMILES string of the molecule is COc1ccc(/C=C2\CC3C4CC=C5C[C@@H](N6CCCC6)CC[C@]5(C)C4CC[C@]3(C)[C@H]2O)cc1OC. The van der Waals surface area contributed by atoms with Crippen LogP contribution in [0.15, 0.2) is 35.4 Å². The number of aliphatic hydroxyl groups excluding tert-OH is 1. The Morgan fingerprint density at radius 3 is 2.50 bits per heavy atom. The van der Waals surface area contributed by atoms with Crippen molar-refractivity contribution in [2.24, 2.45) is 28.6 Å². The lowest BCUT2D eigenvalue weighted by Gasteiger charge is -2.58. The number of methoxy groups -OCH3 is 2. The van der Waals surface area contributed by atoms with Gasteiger partial charge in [-0.25, -0.2) is 0 Å². The minimum atomic E-state index is -0.361. The molecule has 3 saturated carbocycles. The summed E-state index contributed by atoms with van der Waals surface area (Å²) in [6, 6.07) is 6.84. The van der Waals surface area contributed by atoms with E-state index in [2.05, 4.69) is 37.0 Å². The average Bonchev–Trinajstić information content (AvgIpc) is 3.51. The van der Waals surface area contributed by atoms with E-state index in [1.54, 1.807) is 19.8 Å². The van der Waals surface area contributed by atoms with Gasteiger partial charge in [0.1, 0.15) is 0 Å². The molecule has 7 atom stereocenters. The molecule has 1 aromatic carbocycles. The Labute approximate surface area is 217 Å². The third-order valence-corrected chi connectivity index (χ3v) is 11.4. The van der Waals surface area contributed by atoms with Crippen LogP contribution in [0.4, 0.5) is 0 Å². The third kappa shape index (κ3) is 3.77. The molecule has 196 valence electrons. The van der Waals surface area contributed by atoms with Crippen LogP contribution in [-0.2, 0) is 0 Å². The maximum Gasteiger partial charge on any atom is 0.161 e. The smallest absolute Gasteiger partial charge is 0.161 e. The molecule has 5 aliphatic rings. The van der Waals surface area contributed by atoms with E-state index < -0.39 is 0 Å². The molecule has 0 amide bonds. The zero-order valence-corrected chi connectivity index (χ0v) is 22.8. The lowest BCUT2D eigenvalue weighted by atomic mass is 9.48. The van der Waals surface area contributed by atoms with Gasteiger partial charge < -0.3 is 19.5 Å². The summed E-state index contributed by atoms with van der Waals surface area (Å²) in [7, 11) is 3.35. The minimum absolute atomic E-state index is 0.0159. The van der Waals surface area contributed by atoms with Crippen LogP contribution in [-0.4, -0.2) is 49.5 Å². The van der Waals surface area contributed by atoms with Crippen LogP contribution >= 0.6 is 0 Å². The fourth-order valence-electron chi connectivity index (χ4n) is 9.22. The normalized spacial score (nSPS) is 41.4. The molecule has 4 aliphatic carbocycles. The maximum atomic E-state index is 11.6. The number of fused-ring (bicyclic) bond motifs is 5. The van der Waals surface area contributed by atoms with E-state index >= 15 is 0 Å². The second kappa shape index (κ2) is 9.20. The van der Waals surface area contributed by atoms with E-state index in [1.807, 2.05) is 12.1 Å². The summed E-state index contributed by atoms with van der Waals surface area (Å²) in [5, 5.41) is 11.6. The molecular formula is C32H45NO3. The van der Waals surface area contributed by atoms with Gasteiger partial charge in [-0.15, -0.1) is 0 Å². The summed E-state index contributed by atoms with van der Waals surface area (Å²) in [5.74, 6) is 3.50. The number of aliphatic hydroxyl groups is 1. The van der Waals surface area contributed by atoms with Crippen molar-refractivity contribution in [1.82, 2.24) is 4.90 Å². The molecule has 4 nitrogen and oxygen atoms in total. The number of hydrogen-bond donors (Lipinski definition) is 1. The lowest BCUT2D eigenvalue weighted by molar-refractivity contribution is -0.0662. The van der Waals surface area contributed by atoms with Crippen LogP contribution in [0.5, 0.6) is 11.5 Å². The summed E-state index contributed by atoms with van der Waals surface area (Å²) in [6.45, 7) is 7.60. The van der Waals surface area contributed by atoms with E-state index in [0.717, 1.165) is 41.9 Å². The first-order valence-corrected chi connectivity index (χ1v) is 14.4. The summed E-state index contributed by atoms with van der Waals surface area (Å²) >= 11 is 0. The molecule has 0 spiro atoms. The number of benzene rings is 1. The first kappa shape index (κ1) is 24.6. The van der Waals surface area contributed by atoms with Crippen molar-refractivity contribution < 1.29 is 14.6 Å². The van der Waals surface area contributed by atoms with E-state index in [4.69, 9.17) is 9.47 Å². The van der Waals surface area contributed by atoms with Crippen molar-refractivity contribution in [3.05, 3.63) is 41.0 Å². The summed E-state index contributed by atoms with van der Waals surface area (Å²) in [5.41, 5.74) is 4.40. The fourth-order valence-corrected chi connectivity index (χ4v) is 9.22. The van der Waals surface area contributed by atoms with Gasteiger partial charge in [0.05, 0.1) is 20.3 Å². The standard InChI is InChI=1S/C32H45NO3/c1-31-13-11-24(33-15-5-6-16-33)20-23(31)8-9-25-26(31)12-14-32(2)27(25)19-22(30(32)34)17-21-7-10-28(35-3)29(18-21)36-4/h7-8,10,17-18,24-27,30,34H,5-6,9,11-16,19-20H2,1-4H3/b22-17+/t24-,25?,26?,27?,30-,31-,32-/m0/s1. The zero-order chi connectivity index (χ0) is 25.1. The number of ether oxygens (including phenoxy) is 2. The minimum Gasteiger partial charge on any atom is -0.493 e. The Hall–Kier alpha value is -1.78. The molecular weight excluding hydrogens is 446 g/mol. The molecule has 6 rings (SSSR count). The lowest BCUT2D eigenvalue weighted by Crippen LogP contribution is -2.52. The third-order valence-electron chi connectivity index (χ3n) is 11.4. The van der Waals surface area contributed by atoms with Crippen molar-refractivity contribution in [3.8, 4) is 11.5 Å². The molecule has 1 aromatic rings. The molecule has 3 unspecified atom stereocenters. The summed E-state index contributed by atoms with van der Waals surface area (Å²) in [6.07, 6.45) is 15.9. The molecule has 1 N–H and O–H groups in total.